The number of hydrogen-bond acceptors (Lipinski definition) is 3. The molecule has 1 aromatic heterocycles. The van der Waals surface area contributed by atoms with Gasteiger partial charge in [0.05, 0.1) is 11.9 Å². The summed E-state index contributed by atoms with van der Waals surface area (Å²) in [6.45, 7) is 0. The molecule has 0 fully saturated rings. The molecule has 1 aliphatic rings. The summed E-state index contributed by atoms with van der Waals surface area (Å²) in [5, 5.41) is 0. The molecule has 2 atom stereocenters. The second-order valence-corrected chi connectivity index (χ2v) is 4.77. The smallest absolute Gasteiger partial charge is 0.196 e. The van der Waals surface area contributed by atoms with Crippen LogP contribution in [-0.4, -0.2) is 20.2 Å². The highest BCUT2D eigenvalue weighted by Crippen LogP contribution is 2.35. The Morgan fingerprint density at radius 1 is 1.35 bits per heavy atom. The zero-order chi connectivity index (χ0) is 11.8. The molecule has 3 rings (SSSR count). The van der Waals surface area contributed by atoms with E-state index < -0.39 is 4.83 Å². The van der Waals surface area contributed by atoms with Crippen LogP contribution >= 0.6 is 15.9 Å². The third-order valence-electron chi connectivity index (χ3n) is 2.72. The zero-order valence-electron chi connectivity index (χ0n) is 8.79. The van der Waals surface area contributed by atoms with Crippen molar-refractivity contribution in [2.75, 3.05) is 0 Å². The van der Waals surface area contributed by atoms with Gasteiger partial charge in [0.15, 0.2) is 12.0 Å². The lowest BCUT2D eigenvalue weighted by molar-refractivity contribution is 0.0747. The molecule has 0 radical (unpaired) electrons. The number of carbonyl (C=O) groups is 1. The summed E-state index contributed by atoms with van der Waals surface area (Å²) in [5.74, 6) is 0.650. The Labute approximate surface area is 106 Å². The highest BCUT2D eigenvalue weighted by atomic mass is 79.9. The maximum absolute atomic E-state index is 12.2. The van der Waals surface area contributed by atoms with Gasteiger partial charge in [-0.2, -0.15) is 0 Å². The van der Waals surface area contributed by atoms with Gasteiger partial charge in [-0.3, -0.25) is 9.36 Å². The van der Waals surface area contributed by atoms with Gasteiger partial charge in [0, 0.05) is 12.4 Å². The van der Waals surface area contributed by atoms with Crippen molar-refractivity contribution in [2.24, 2.45) is 0 Å². The van der Waals surface area contributed by atoms with Gasteiger partial charge in [-0.15, -0.1) is 0 Å². The predicted octanol–water partition coefficient (Wildman–Crippen LogP) is 2.42. The molecule has 2 aromatic rings. The first-order valence-electron chi connectivity index (χ1n) is 5.19. The predicted molar refractivity (Wildman–Crippen MR) is 65.4 cm³/mol. The van der Waals surface area contributed by atoms with Crippen LogP contribution in [-0.2, 0) is 0 Å². The molecular formula is C12H9BrN2O2. The van der Waals surface area contributed by atoms with E-state index in [1.807, 2.05) is 12.1 Å². The summed E-state index contributed by atoms with van der Waals surface area (Å²) < 4.78 is 7.59. The van der Waals surface area contributed by atoms with E-state index in [2.05, 4.69) is 20.9 Å². The lowest BCUT2D eigenvalue weighted by Crippen LogP contribution is -2.35. The van der Waals surface area contributed by atoms with Crippen molar-refractivity contribution in [2.45, 2.75) is 11.1 Å². The highest BCUT2D eigenvalue weighted by Gasteiger charge is 2.36. The Bertz CT molecular complexity index is 553. The minimum Gasteiger partial charge on any atom is -0.468 e. The maximum Gasteiger partial charge on any atom is 0.196 e. The highest BCUT2D eigenvalue weighted by molar-refractivity contribution is 9.10. The van der Waals surface area contributed by atoms with Crippen molar-refractivity contribution in [3.05, 3.63) is 48.5 Å². The molecule has 0 amide bonds. The molecule has 0 saturated carbocycles. The molecule has 0 aliphatic carbocycles. The van der Waals surface area contributed by atoms with Gasteiger partial charge in [-0.25, -0.2) is 4.98 Å². The van der Waals surface area contributed by atoms with Crippen molar-refractivity contribution < 1.29 is 9.53 Å². The molecule has 2 unspecified atom stereocenters. The molecule has 2 heterocycles. The largest absolute Gasteiger partial charge is 0.468 e. The molecule has 1 aliphatic heterocycles. The first kappa shape index (κ1) is 10.5. The van der Waals surface area contributed by atoms with E-state index in [9.17, 15) is 4.79 Å². The van der Waals surface area contributed by atoms with Crippen LogP contribution in [0.2, 0.25) is 0 Å². The van der Waals surface area contributed by atoms with Crippen molar-refractivity contribution in [3.8, 4) is 5.75 Å². The summed E-state index contributed by atoms with van der Waals surface area (Å²) >= 11 is 3.39. The number of carbonyl (C=O) groups excluding carboxylic acids is 1. The van der Waals surface area contributed by atoms with Crippen molar-refractivity contribution in [1.82, 2.24) is 9.55 Å². The Morgan fingerprint density at radius 2 is 2.18 bits per heavy atom. The third-order valence-corrected chi connectivity index (χ3v) is 3.59. The first-order chi connectivity index (χ1) is 8.27. The lowest BCUT2D eigenvalue weighted by atomic mass is 10.0. The molecular weight excluding hydrogens is 284 g/mol. The Hall–Kier alpha value is -1.62. The fourth-order valence-corrected chi connectivity index (χ4v) is 2.50. The zero-order valence-corrected chi connectivity index (χ0v) is 10.4. The molecule has 86 valence electrons. The quantitative estimate of drug-likeness (QED) is 0.758. The number of nitrogens with zero attached hydrogens (tertiary/aromatic N) is 2. The summed E-state index contributed by atoms with van der Waals surface area (Å²) in [6, 6.07) is 7.26. The van der Waals surface area contributed by atoms with E-state index in [0.717, 1.165) is 0 Å². The van der Waals surface area contributed by atoms with Crippen LogP contribution in [0.3, 0.4) is 0 Å². The second kappa shape index (κ2) is 4.00. The number of imidazole rings is 1. The van der Waals surface area contributed by atoms with Crippen LogP contribution in [0.5, 0.6) is 5.75 Å². The number of benzene rings is 1. The molecule has 0 saturated heterocycles. The number of aromatic nitrogens is 2. The number of ether oxygens (including phenoxy) is 1. The number of ketones is 1. The number of hydrogen-bond donors (Lipinski definition) is 0. The van der Waals surface area contributed by atoms with Crippen LogP contribution < -0.4 is 4.74 Å². The Kier molecular flexibility index (Phi) is 2.48. The van der Waals surface area contributed by atoms with Crippen LogP contribution in [0.25, 0.3) is 0 Å². The molecule has 1 aromatic carbocycles. The van der Waals surface area contributed by atoms with Crippen LogP contribution in [0, 0.1) is 0 Å². The van der Waals surface area contributed by atoms with E-state index in [4.69, 9.17) is 4.74 Å². The summed E-state index contributed by atoms with van der Waals surface area (Å²) in [6.07, 6.45) is 4.69. The van der Waals surface area contributed by atoms with Gasteiger partial charge < -0.3 is 4.74 Å². The number of halogens is 1. The third kappa shape index (κ3) is 1.67. The van der Waals surface area contributed by atoms with Crippen molar-refractivity contribution >= 4 is 21.7 Å². The van der Waals surface area contributed by atoms with Crippen LogP contribution in [0.15, 0.2) is 43.0 Å². The van der Waals surface area contributed by atoms with Gasteiger partial charge in [-0.1, -0.05) is 28.1 Å². The number of alkyl halides is 1. The SMILES string of the molecule is O=C1c2ccccc2OC(n2ccnc2)C1Br. The summed E-state index contributed by atoms with van der Waals surface area (Å²) in [4.78, 5) is 15.7. The van der Waals surface area contributed by atoms with Crippen LogP contribution in [0.4, 0.5) is 0 Å². The Morgan fingerprint density at radius 3 is 2.94 bits per heavy atom. The number of Topliss-reactive ketones (excluding diaryl/α,β-unsaturated/α-hetero) is 1. The first-order valence-corrected chi connectivity index (χ1v) is 6.10. The topological polar surface area (TPSA) is 44.1 Å². The van der Waals surface area contributed by atoms with Gasteiger partial charge in [0.1, 0.15) is 10.6 Å². The molecule has 0 N–H and O–H groups in total. The maximum atomic E-state index is 12.2. The van der Waals surface area contributed by atoms with Gasteiger partial charge in [-0.05, 0) is 12.1 Å². The molecule has 5 heteroatoms. The van der Waals surface area contributed by atoms with Crippen molar-refractivity contribution in [3.63, 3.8) is 0 Å². The minimum atomic E-state index is -0.397. The minimum absolute atomic E-state index is 0.0329. The van der Waals surface area contributed by atoms with Gasteiger partial charge in [0.2, 0.25) is 0 Å². The van der Waals surface area contributed by atoms with Gasteiger partial charge >= 0.3 is 0 Å². The number of para-hydroxylation sites is 1. The average Bonchev–Trinajstić information content (AvgIpc) is 2.87. The van der Waals surface area contributed by atoms with Crippen molar-refractivity contribution in [1.29, 1.82) is 0 Å². The Balaban J connectivity index is 2.05. The summed E-state index contributed by atoms with van der Waals surface area (Å²) in [5.41, 5.74) is 0.616. The molecule has 4 nitrogen and oxygen atoms in total. The second-order valence-electron chi connectivity index (χ2n) is 3.78. The lowest BCUT2D eigenvalue weighted by Gasteiger charge is -2.29. The van der Waals surface area contributed by atoms with E-state index in [1.165, 1.54) is 0 Å². The number of fused-ring (bicyclic) bond motifs is 1. The van der Waals surface area contributed by atoms with Crippen LogP contribution in [0.1, 0.15) is 16.6 Å². The fraction of sp³-hybridized carbons (Fsp3) is 0.167. The van der Waals surface area contributed by atoms with E-state index >= 15 is 0 Å². The van der Waals surface area contributed by atoms with E-state index in [0.29, 0.717) is 11.3 Å². The average molecular weight is 293 g/mol. The molecule has 17 heavy (non-hydrogen) atoms. The number of rotatable bonds is 1. The van der Waals surface area contributed by atoms with Gasteiger partial charge in [0.25, 0.3) is 0 Å². The molecule has 0 spiro atoms. The standard InChI is InChI=1S/C12H9BrN2O2/c13-10-11(16)8-3-1-2-4-9(8)17-12(10)15-6-5-14-7-15/h1-7,10,12H. The summed E-state index contributed by atoms with van der Waals surface area (Å²) in [7, 11) is 0. The molecule has 0 bridgehead atoms. The normalized spacial score (nSPS) is 23.0. The van der Waals surface area contributed by atoms with E-state index in [1.54, 1.807) is 35.4 Å². The fourth-order valence-electron chi connectivity index (χ4n) is 1.87. The monoisotopic (exact) mass is 292 g/mol. The van der Waals surface area contributed by atoms with E-state index in [-0.39, 0.29) is 12.0 Å².